The molecule has 1 saturated carbocycles. The van der Waals surface area contributed by atoms with Crippen molar-refractivity contribution in [1.82, 2.24) is 10.6 Å². The van der Waals surface area contributed by atoms with Crippen molar-refractivity contribution in [2.24, 2.45) is 0 Å². The van der Waals surface area contributed by atoms with Gasteiger partial charge in [0, 0.05) is 11.7 Å². The molecular formula is C15H21Cl2N5O. The Bertz CT molecular complexity index is 564. The standard InChI is InChI=1S/C15H21Cl2N5O/c1-23-13-11(16)7-10(8-12(13)17)21-15(19)22-14(18)20-9-5-3-2-4-6-9/h7-9H,2-6H2,1H3,(H5,18,19,20,21,22). The van der Waals surface area contributed by atoms with Crippen LogP contribution in [0.4, 0.5) is 5.69 Å². The molecule has 1 fully saturated rings. The van der Waals surface area contributed by atoms with E-state index in [0.29, 0.717) is 27.5 Å². The minimum Gasteiger partial charge on any atom is -0.494 e. The highest BCUT2D eigenvalue weighted by atomic mass is 35.5. The Kier molecular flexibility index (Phi) is 6.36. The van der Waals surface area contributed by atoms with Crippen LogP contribution in [0.5, 0.6) is 5.75 Å². The number of nitrogens with one attached hydrogen (secondary N) is 5. The predicted molar refractivity (Wildman–Crippen MR) is 95.2 cm³/mol. The fraction of sp³-hybridized carbons (Fsp3) is 0.467. The van der Waals surface area contributed by atoms with Crippen LogP contribution in [-0.4, -0.2) is 25.1 Å². The van der Waals surface area contributed by atoms with E-state index in [1.807, 2.05) is 0 Å². The van der Waals surface area contributed by atoms with Gasteiger partial charge in [0.25, 0.3) is 0 Å². The molecule has 0 heterocycles. The number of anilines is 1. The van der Waals surface area contributed by atoms with E-state index in [0.717, 1.165) is 12.8 Å². The molecule has 0 bridgehead atoms. The smallest absolute Gasteiger partial charge is 0.199 e. The maximum absolute atomic E-state index is 7.89. The molecule has 0 saturated heterocycles. The highest BCUT2D eigenvalue weighted by Gasteiger charge is 2.15. The van der Waals surface area contributed by atoms with Gasteiger partial charge in [-0.15, -0.1) is 0 Å². The van der Waals surface area contributed by atoms with E-state index in [1.54, 1.807) is 12.1 Å². The molecule has 5 N–H and O–H groups in total. The molecule has 0 spiro atoms. The van der Waals surface area contributed by atoms with Gasteiger partial charge in [-0.3, -0.25) is 16.1 Å². The molecule has 0 aromatic heterocycles. The maximum atomic E-state index is 7.89. The Morgan fingerprint density at radius 1 is 1.09 bits per heavy atom. The van der Waals surface area contributed by atoms with Gasteiger partial charge in [-0.25, -0.2) is 0 Å². The molecule has 0 atom stereocenters. The van der Waals surface area contributed by atoms with Crippen molar-refractivity contribution in [2.75, 3.05) is 12.4 Å². The molecule has 0 amide bonds. The van der Waals surface area contributed by atoms with E-state index in [2.05, 4.69) is 16.0 Å². The maximum Gasteiger partial charge on any atom is 0.199 e. The fourth-order valence-electron chi connectivity index (χ4n) is 2.61. The van der Waals surface area contributed by atoms with Gasteiger partial charge in [-0.2, -0.15) is 0 Å². The van der Waals surface area contributed by atoms with Crippen molar-refractivity contribution < 1.29 is 4.74 Å². The van der Waals surface area contributed by atoms with Crippen LogP contribution in [0.15, 0.2) is 12.1 Å². The van der Waals surface area contributed by atoms with Gasteiger partial charge in [0.1, 0.15) is 0 Å². The molecule has 1 aliphatic carbocycles. The SMILES string of the molecule is COc1c(Cl)cc(NC(=N)NC(=N)NC2CCCCC2)cc1Cl. The summed E-state index contributed by atoms with van der Waals surface area (Å²) in [6.07, 6.45) is 5.76. The molecule has 126 valence electrons. The number of guanidine groups is 2. The van der Waals surface area contributed by atoms with Crippen LogP contribution in [0.1, 0.15) is 32.1 Å². The summed E-state index contributed by atoms with van der Waals surface area (Å²) in [5.41, 5.74) is 0.545. The molecule has 2 rings (SSSR count). The van der Waals surface area contributed by atoms with Crippen molar-refractivity contribution in [3.05, 3.63) is 22.2 Å². The first-order chi connectivity index (χ1) is 11.0. The number of halogens is 2. The van der Waals surface area contributed by atoms with Crippen molar-refractivity contribution >= 4 is 40.8 Å². The molecule has 0 radical (unpaired) electrons. The summed E-state index contributed by atoms with van der Waals surface area (Å²) in [5, 5.41) is 25.1. The third kappa shape index (κ3) is 5.18. The number of ether oxygens (including phenoxy) is 1. The minimum absolute atomic E-state index is 0.0318. The van der Waals surface area contributed by atoms with Crippen LogP contribution >= 0.6 is 23.2 Å². The third-order valence-corrected chi connectivity index (χ3v) is 4.24. The summed E-state index contributed by atoms with van der Waals surface area (Å²) in [5.74, 6) is 0.473. The Balaban J connectivity index is 1.87. The molecule has 8 heteroatoms. The van der Waals surface area contributed by atoms with Crippen LogP contribution in [0.2, 0.25) is 10.0 Å². The molecule has 6 nitrogen and oxygen atoms in total. The Hall–Kier alpha value is -1.66. The van der Waals surface area contributed by atoms with Crippen molar-refractivity contribution in [1.29, 1.82) is 10.8 Å². The molecule has 1 aromatic carbocycles. The topological polar surface area (TPSA) is 93.0 Å². The van der Waals surface area contributed by atoms with Crippen LogP contribution in [-0.2, 0) is 0 Å². The first-order valence-electron chi connectivity index (χ1n) is 7.50. The average molecular weight is 358 g/mol. The molecule has 1 aliphatic rings. The van der Waals surface area contributed by atoms with E-state index in [1.165, 1.54) is 26.4 Å². The van der Waals surface area contributed by atoms with Crippen molar-refractivity contribution in [2.45, 2.75) is 38.1 Å². The summed E-state index contributed by atoms with van der Waals surface area (Å²) in [4.78, 5) is 0. The second-order valence-corrected chi connectivity index (χ2v) is 6.27. The second-order valence-electron chi connectivity index (χ2n) is 5.45. The quantitative estimate of drug-likeness (QED) is 0.420. The lowest BCUT2D eigenvalue weighted by Gasteiger charge is -2.24. The zero-order chi connectivity index (χ0) is 16.8. The van der Waals surface area contributed by atoms with Gasteiger partial charge in [0.15, 0.2) is 17.7 Å². The lowest BCUT2D eigenvalue weighted by molar-refractivity contribution is 0.411. The summed E-state index contributed by atoms with van der Waals surface area (Å²) < 4.78 is 5.08. The van der Waals surface area contributed by atoms with Crippen LogP contribution < -0.4 is 20.7 Å². The van der Waals surface area contributed by atoms with Crippen LogP contribution in [0.3, 0.4) is 0 Å². The molecule has 1 aromatic rings. The highest BCUT2D eigenvalue weighted by molar-refractivity contribution is 6.37. The Morgan fingerprint density at radius 2 is 1.70 bits per heavy atom. The summed E-state index contributed by atoms with van der Waals surface area (Å²) in [7, 11) is 1.49. The summed E-state index contributed by atoms with van der Waals surface area (Å²) in [6.45, 7) is 0. The van der Waals surface area contributed by atoms with Crippen LogP contribution in [0, 0.1) is 10.8 Å². The number of rotatable bonds is 3. The van der Waals surface area contributed by atoms with Gasteiger partial charge in [-0.05, 0) is 25.0 Å². The van der Waals surface area contributed by atoms with Gasteiger partial charge < -0.3 is 15.4 Å². The van der Waals surface area contributed by atoms with E-state index in [4.69, 9.17) is 38.8 Å². The Morgan fingerprint density at radius 3 is 2.26 bits per heavy atom. The van der Waals surface area contributed by atoms with Gasteiger partial charge in [0.2, 0.25) is 0 Å². The third-order valence-electron chi connectivity index (χ3n) is 3.68. The van der Waals surface area contributed by atoms with E-state index >= 15 is 0 Å². The number of benzene rings is 1. The average Bonchev–Trinajstić information content (AvgIpc) is 2.47. The molecule has 0 unspecified atom stereocenters. The highest BCUT2D eigenvalue weighted by Crippen LogP contribution is 2.35. The fourth-order valence-corrected chi connectivity index (χ4v) is 3.26. The monoisotopic (exact) mass is 357 g/mol. The molecule has 23 heavy (non-hydrogen) atoms. The minimum atomic E-state index is -0.0318. The zero-order valence-corrected chi connectivity index (χ0v) is 14.4. The number of methoxy groups -OCH3 is 1. The summed E-state index contributed by atoms with van der Waals surface area (Å²) >= 11 is 12.1. The molecule has 0 aliphatic heterocycles. The van der Waals surface area contributed by atoms with Gasteiger partial charge in [0.05, 0.1) is 17.2 Å². The first-order valence-corrected chi connectivity index (χ1v) is 8.26. The van der Waals surface area contributed by atoms with E-state index < -0.39 is 0 Å². The second kappa shape index (κ2) is 8.26. The van der Waals surface area contributed by atoms with E-state index in [-0.39, 0.29) is 11.9 Å². The first kappa shape index (κ1) is 17.7. The molecular weight excluding hydrogens is 337 g/mol. The zero-order valence-electron chi connectivity index (χ0n) is 12.9. The van der Waals surface area contributed by atoms with E-state index in [9.17, 15) is 0 Å². The predicted octanol–water partition coefficient (Wildman–Crippen LogP) is 3.80. The Labute approximate surface area is 145 Å². The number of hydrogen-bond acceptors (Lipinski definition) is 3. The van der Waals surface area contributed by atoms with Crippen molar-refractivity contribution in [3.8, 4) is 5.75 Å². The summed E-state index contributed by atoms with van der Waals surface area (Å²) in [6, 6.07) is 3.53. The lowest BCUT2D eigenvalue weighted by atomic mass is 9.96. The lowest BCUT2D eigenvalue weighted by Crippen LogP contribution is -2.47. The van der Waals surface area contributed by atoms with Gasteiger partial charge >= 0.3 is 0 Å². The van der Waals surface area contributed by atoms with Gasteiger partial charge in [-0.1, -0.05) is 42.5 Å². The number of hydrogen-bond donors (Lipinski definition) is 5. The van der Waals surface area contributed by atoms with Crippen molar-refractivity contribution in [3.63, 3.8) is 0 Å². The largest absolute Gasteiger partial charge is 0.494 e. The normalized spacial score (nSPS) is 14.9. The van der Waals surface area contributed by atoms with Crippen LogP contribution in [0.25, 0.3) is 0 Å².